The van der Waals surface area contributed by atoms with Crippen LogP contribution >= 0.6 is 0 Å². The zero-order chi connectivity index (χ0) is 23.6. The van der Waals surface area contributed by atoms with Gasteiger partial charge in [0.1, 0.15) is 11.6 Å². The zero-order valence-electron chi connectivity index (χ0n) is 17.6. The number of rotatable bonds is 5. The minimum Gasteiger partial charge on any atom is -0.493 e. The van der Waals surface area contributed by atoms with E-state index in [1.54, 1.807) is 49.4 Å². The monoisotopic (exact) mass is 453 g/mol. The lowest BCUT2D eigenvalue weighted by Crippen LogP contribution is -2.20. The standard InChI is InChI=1S/C24H18F3N3O3/c1-15-29-20-9-4-3-8-19(20)23(31)30(15)28-14-16-10-11-21(22(12-16)32-2)33-18-7-5-6-17(13-18)24(25,26)27/h3-14H,1-2H3/b28-14-. The van der Waals surface area contributed by atoms with E-state index in [2.05, 4.69) is 10.1 Å². The average Bonchev–Trinajstić information content (AvgIpc) is 2.79. The number of benzene rings is 3. The van der Waals surface area contributed by atoms with Crippen molar-refractivity contribution < 1.29 is 22.6 Å². The number of halogens is 3. The van der Waals surface area contributed by atoms with Crippen molar-refractivity contribution in [3.05, 3.63) is 94.0 Å². The summed E-state index contributed by atoms with van der Waals surface area (Å²) in [6.07, 6.45) is -3.01. The van der Waals surface area contributed by atoms with Crippen LogP contribution in [0, 0.1) is 6.92 Å². The molecule has 0 radical (unpaired) electrons. The van der Waals surface area contributed by atoms with Gasteiger partial charge in [-0.25, -0.2) is 4.98 Å². The van der Waals surface area contributed by atoms with Crippen molar-refractivity contribution in [1.29, 1.82) is 0 Å². The van der Waals surface area contributed by atoms with E-state index in [-0.39, 0.29) is 22.8 Å². The quantitative estimate of drug-likeness (QED) is 0.379. The van der Waals surface area contributed by atoms with Crippen LogP contribution in [0.4, 0.5) is 13.2 Å². The maximum absolute atomic E-state index is 12.9. The minimum atomic E-state index is -4.47. The Balaban J connectivity index is 1.62. The molecule has 9 heteroatoms. The maximum atomic E-state index is 12.9. The number of hydrogen-bond acceptors (Lipinski definition) is 5. The summed E-state index contributed by atoms with van der Waals surface area (Å²) >= 11 is 0. The molecule has 0 N–H and O–H groups in total. The molecule has 4 aromatic rings. The Morgan fingerprint density at radius 1 is 1.00 bits per heavy atom. The zero-order valence-corrected chi connectivity index (χ0v) is 17.6. The summed E-state index contributed by atoms with van der Waals surface area (Å²) in [6.45, 7) is 1.68. The van der Waals surface area contributed by atoms with E-state index in [0.29, 0.717) is 22.3 Å². The first-order chi connectivity index (χ1) is 15.8. The molecule has 0 saturated carbocycles. The van der Waals surface area contributed by atoms with Gasteiger partial charge in [0, 0.05) is 0 Å². The van der Waals surface area contributed by atoms with Crippen molar-refractivity contribution in [1.82, 2.24) is 9.66 Å². The van der Waals surface area contributed by atoms with E-state index in [9.17, 15) is 18.0 Å². The number of ether oxygens (including phenoxy) is 2. The highest BCUT2D eigenvalue weighted by Crippen LogP contribution is 2.35. The molecule has 0 aliphatic rings. The molecule has 4 rings (SSSR count). The molecule has 0 saturated heterocycles. The summed E-state index contributed by atoms with van der Waals surface area (Å²) in [5, 5.41) is 4.70. The van der Waals surface area contributed by atoms with Crippen LogP contribution < -0.4 is 15.0 Å². The Kier molecular flexibility index (Phi) is 5.87. The fraction of sp³-hybridized carbons (Fsp3) is 0.125. The number of aryl methyl sites for hydroxylation is 1. The van der Waals surface area contributed by atoms with Gasteiger partial charge in [-0.1, -0.05) is 18.2 Å². The lowest BCUT2D eigenvalue weighted by atomic mass is 10.2. The summed E-state index contributed by atoms with van der Waals surface area (Å²) in [7, 11) is 1.41. The molecule has 0 unspecified atom stereocenters. The van der Waals surface area contributed by atoms with Gasteiger partial charge in [-0.2, -0.15) is 22.9 Å². The highest BCUT2D eigenvalue weighted by Gasteiger charge is 2.30. The summed E-state index contributed by atoms with van der Waals surface area (Å²) in [5.74, 6) is 0.965. The molecule has 0 aliphatic heterocycles. The number of methoxy groups -OCH3 is 1. The second kappa shape index (κ2) is 8.78. The molecule has 0 atom stereocenters. The molecule has 0 amide bonds. The van der Waals surface area contributed by atoms with Crippen LogP contribution in [0.2, 0.25) is 0 Å². The smallest absolute Gasteiger partial charge is 0.416 e. The largest absolute Gasteiger partial charge is 0.493 e. The Labute approximate surface area is 186 Å². The van der Waals surface area contributed by atoms with Gasteiger partial charge in [0.25, 0.3) is 5.56 Å². The van der Waals surface area contributed by atoms with Gasteiger partial charge in [-0.15, -0.1) is 0 Å². The van der Waals surface area contributed by atoms with Crippen molar-refractivity contribution in [2.75, 3.05) is 7.11 Å². The van der Waals surface area contributed by atoms with Gasteiger partial charge in [-0.05, 0) is 61.0 Å². The van der Waals surface area contributed by atoms with Crippen molar-refractivity contribution >= 4 is 17.1 Å². The second-order valence-corrected chi connectivity index (χ2v) is 7.08. The third kappa shape index (κ3) is 4.72. The first kappa shape index (κ1) is 22.1. The van der Waals surface area contributed by atoms with Crippen LogP contribution in [0.1, 0.15) is 17.0 Å². The van der Waals surface area contributed by atoms with Crippen LogP contribution in [0.15, 0.2) is 76.6 Å². The molecular formula is C24H18F3N3O3. The number of nitrogens with zero attached hydrogens (tertiary/aromatic N) is 3. The molecule has 1 heterocycles. The summed E-state index contributed by atoms with van der Waals surface area (Å²) in [5.41, 5.74) is 0.0604. The van der Waals surface area contributed by atoms with E-state index in [4.69, 9.17) is 9.47 Å². The molecule has 0 bridgehead atoms. The average molecular weight is 453 g/mol. The van der Waals surface area contributed by atoms with E-state index in [1.165, 1.54) is 30.1 Å². The lowest BCUT2D eigenvalue weighted by Gasteiger charge is -2.13. The van der Waals surface area contributed by atoms with Crippen molar-refractivity contribution in [2.45, 2.75) is 13.1 Å². The van der Waals surface area contributed by atoms with Gasteiger partial charge in [0.15, 0.2) is 11.5 Å². The first-order valence-corrected chi connectivity index (χ1v) is 9.82. The number of fused-ring (bicyclic) bond motifs is 1. The predicted molar refractivity (Wildman–Crippen MR) is 118 cm³/mol. The van der Waals surface area contributed by atoms with E-state index in [1.807, 2.05) is 0 Å². The Bertz CT molecular complexity index is 1410. The normalized spacial score (nSPS) is 11.8. The van der Waals surface area contributed by atoms with Crippen molar-refractivity contribution in [3.8, 4) is 17.2 Å². The van der Waals surface area contributed by atoms with Crippen LogP contribution in [0.3, 0.4) is 0 Å². The fourth-order valence-electron chi connectivity index (χ4n) is 3.21. The molecule has 6 nitrogen and oxygen atoms in total. The van der Waals surface area contributed by atoms with Crippen LogP contribution in [0.5, 0.6) is 17.2 Å². The van der Waals surface area contributed by atoms with Gasteiger partial charge < -0.3 is 9.47 Å². The van der Waals surface area contributed by atoms with E-state index in [0.717, 1.165) is 12.1 Å². The molecule has 33 heavy (non-hydrogen) atoms. The Morgan fingerprint density at radius 2 is 1.79 bits per heavy atom. The first-order valence-electron chi connectivity index (χ1n) is 9.82. The highest BCUT2D eigenvalue weighted by atomic mass is 19.4. The van der Waals surface area contributed by atoms with Crippen LogP contribution in [-0.4, -0.2) is 23.0 Å². The van der Waals surface area contributed by atoms with Crippen molar-refractivity contribution in [2.24, 2.45) is 5.10 Å². The Morgan fingerprint density at radius 3 is 2.55 bits per heavy atom. The summed E-state index contributed by atoms with van der Waals surface area (Å²) < 4.78 is 51.0. The maximum Gasteiger partial charge on any atom is 0.416 e. The molecular weight excluding hydrogens is 435 g/mol. The number of aromatic nitrogens is 2. The van der Waals surface area contributed by atoms with Crippen LogP contribution in [-0.2, 0) is 6.18 Å². The fourth-order valence-corrected chi connectivity index (χ4v) is 3.21. The van der Waals surface area contributed by atoms with Gasteiger partial charge in [-0.3, -0.25) is 4.79 Å². The van der Waals surface area contributed by atoms with Crippen molar-refractivity contribution in [3.63, 3.8) is 0 Å². The second-order valence-electron chi connectivity index (χ2n) is 7.08. The third-order valence-electron chi connectivity index (χ3n) is 4.81. The van der Waals surface area contributed by atoms with E-state index >= 15 is 0 Å². The molecule has 0 spiro atoms. The molecule has 1 aromatic heterocycles. The summed E-state index contributed by atoms with van der Waals surface area (Å²) in [4.78, 5) is 17.1. The SMILES string of the molecule is COc1cc(/C=N\n2c(C)nc3ccccc3c2=O)ccc1Oc1cccc(C(F)(F)F)c1. The van der Waals surface area contributed by atoms with Gasteiger partial charge in [0.05, 0.1) is 29.8 Å². The number of alkyl halides is 3. The Hall–Kier alpha value is -4.14. The van der Waals surface area contributed by atoms with Gasteiger partial charge >= 0.3 is 6.18 Å². The highest BCUT2D eigenvalue weighted by molar-refractivity contribution is 5.81. The number of hydrogen-bond donors (Lipinski definition) is 0. The lowest BCUT2D eigenvalue weighted by molar-refractivity contribution is -0.137. The molecule has 0 aliphatic carbocycles. The molecule has 3 aromatic carbocycles. The minimum absolute atomic E-state index is 0.0222. The molecule has 0 fully saturated rings. The molecule has 168 valence electrons. The third-order valence-corrected chi connectivity index (χ3v) is 4.81. The topological polar surface area (TPSA) is 65.7 Å². The van der Waals surface area contributed by atoms with Gasteiger partial charge in [0.2, 0.25) is 0 Å². The predicted octanol–water partition coefficient (Wildman–Crippen LogP) is 5.41. The van der Waals surface area contributed by atoms with E-state index < -0.39 is 11.7 Å². The number of para-hydroxylation sites is 1. The summed E-state index contributed by atoms with van der Waals surface area (Å²) in [6, 6.07) is 16.4. The van der Waals surface area contributed by atoms with Crippen LogP contribution in [0.25, 0.3) is 10.9 Å².